The van der Waals surface area contributed by atoms with Crippen molar-refractivity contribution in [3.63, 3.8) is 0 Å². The second kappa shape index (κ2) is 7.49. The number of nitrogens with zero attached hydrogens (tertiary/aromatic N) is 4. The van der Waals surface area contributed by atoms with E-state index < -0.39 is 0 Å². The van der Waals surface area contributed by atoms with Gasteiger partial charge in [0.1, 0.15) is 0 Å². The molecule has 3 aliphatic rings. The van der Waals surface area contributed by atoms with Crippen molar-refractivity contribution in [2.24, 2.45) is 5.41 Å². The van der Waals surface area contributed by atoms with E-state index in [0.717, 1.165) is 65.0 Å². The molecule has 140 valence electrons. The number of aromatic nitrogens is 1. The van der Waals surface area contributed by atoms with E-state index in [1.54, 1.807) is 0 Å². The van der Waals surface area contributed by atoms with E-state index in [1.807, 2.05) is 12.4 Å². The zero-order chi connectivity index (χ0) is 18.0. The molecular weight excluding hydrogens is 324 g/mol. The molecule has 4 rings (SSSR count). The van der Waals surface area contributed by atoms with Crippen LogP contribution in [-0.4, -0.2) is 71.4 Å². The van der Waals surface area contributed by atoms with Crippen LogP contribution in [0.3, 0.4) is 0 Å². The molecule has 26 heavy (non-hydrogen) atoms. The van der Waals surface area contributed by atoms with Gasteiger partial charge in [-0.1, -0.05) is 18.6 Å². The van der Waals surface area contributed by atoms with Gasteiger partial charge in [-0.3, -0.25) is 14.7 Å². The molecule has 0 spiro atoms. The van der Waals surface area contributed by atoms with E-state index in [4.69, 9.17) is 0 Å². The summed E-state index contributed by atoms with van der Waals surface area (Å²) in [5, 5.41) is 0. The molecular formula is C21H30N4O. The van der Waals surface area contributed by atoms with Crippen molar-refractivity contribution in [1.82, 2.24) is 19.7 Å². The Morgan fingerprint density at radius 3 is 2.73 bits per heavy atom. The lowest BCUT2D eigenvalue weighted by Crippen LogP contribution is -2.56. The Labute approximate surface area is 156 Å². The van der Waals surface area contributed by atoms with E-state index in [0.29, 0.717) is 11.9 Å². The SMILES string of the molecule is CN1CCN(C(=O)[C@@]23CC=CCN(Cc4ccncc4)[C@@H]2CCC3)CC1. The molecule has 1 amide bonds. The molecule has 0 bridgehead atoms. The molecule has 5 nitrogen and oxygen atoms in total. The fraction of sp³-hybridized carbons (Fsp3) is 0.619. The van der Waals surface area contributed by atoms with Crippen LogP contribution in [0.15, 0.2) is 36.7 Å². The Balaban J connectivity index is 1.57. The minimum absolute atomic E-state index is 0.226. The summed E-state index contributed by atoms with van der Waals surface area (Å²) >= 11 is 0. The number of hydrogen-bond donors (Lipinski definition) is 0. The normalized spacial score (nSPS) is 30.2. The highest BCUT2D eigenvalue weighted by atomic mass is 16.2. The first-order valence-electron chi connectivity index (χ1n) is 9.95. The number of allylic oxidation sites excluding steroid dienone is 1. The Morgan fingerprint density at radius 1 is 1.19 bits per heavy atom. The lowest BCUT2D eigenvalue weighted by Gasteiger charge is -2.43. The average Bonchev–Trinajstić information content (AvgIpc) is 3.02. The number of amides is 1. The monoisotopic (exact) mass is 354 g/mol. The number of hydrogen-bond acceptors (Lipinski definition) is 4. The summed E-state index contributed by atoms with van der Waals surface area (Å²) in [6, 6.07) is 4.53. The van der Waals surface area contributed by atoms with Crippen molar-refractivity contribution < 1.29 is 4.79 Å². The molecule has 0 unspecified atom stereocenters. The highest BCUT2D eigenvalue weighted by Gasteiger charge is 2.52. The van der Waals surface area contributed by atoms with Crippen LogP contribution < -0.4 is 0 Å². The number of rotatable bonds is 3. The predicted octanol–water partition coefficient (Wildman–Crippen LogP) is 2.16. The second-order valence-electron chi connectivity index (χ2n) is 8.12. The summed E-state index contributed by atoms with van der Waals surface area (Å²) in [7, 11) is 2.14. The van der Waals surface area contributed by atoms with E-state index in [2.05, 4.69) is 51.0 Å². The minimum Gasteiger partial charge on any atom is -0.340 e. The molecule has 1 saturated carbocycles. The summed E-state index contributed by atoms with van der Waals surface area (Å²) < 4.78 is 0. The van der Waals surface area contributed by atoms with Gasteiger partial charge in [0.2, 0.25) is 5.91 Å². The molecule has 5 heteroatoms. The van der Waals surface area contributed by atoms with Crippen LogP contribution in [0.4, 0.5) is 0 Å². The van der Waals surface area contributed by atoms with Gasteiger partial charge in [-0.05, 0) is 44.0 Å². The molecule has 0 radical (unpaired) electrons. The van der Waals surface area contributed by atoms with Crippen LogP contribution in [0.1, 0.15) is 31.2 Å². The second-order valence-corrected chi connectivity index (χ2v) is 8.12. The molecule has 3 heterocycles. The number of carbonyl (C=O) groups is 1. The van der Waals surface area contributed by atoms with E-state index >= 15 is 0 Å². The number of carbonyl (C=O) groups excluding carboxylic acids is 1. The van der Waals surface area contributed by atoms with Gasteiger partial charge >= 0.3 is 0 Å². The quantitative estimate of drug-likeness (QED) is 0.780. The predicted molar refractivity (Wildman–Crippen MR) is 103 cm³/mol. The third-order valence-electron chi connectivity index (χ3n) is 6.52. The molecule has 2 aliphatic heterocycles. The van der Waals surface area contributed by atoms with Crippen LogP contribution in [-0.2, 0) is 11.3 Å². The van der Waals surface area contributed by atoms with Crippen LogP contribution >= 0.6 is 0 Å². The van der Waals surface area contributed by atoms with Crippen molar-refractivity contribution in [3.05, 3.63) is 42.2 Å². The number of pyridine rings is 1. The van der Waals surface area contributed by atoms with Crippen LogP contribution in [0.2, 0.25) is 0 Å². The van der Waals surface area contributed by atoms with Crippen molar-refractivity contribution in [1.29, 1.82) is 0 Å². The fourth-order valence-electron chi connectivity index (χ4n) is 5.01. The van der Waals surface area contributed by atoms with Gasteiger partial charge in [0, 0.05) is 57.7 Å². The smallest absolute Gasteiger partial charge is 0.230 e. The Bertz CT molecular complexity index is 653. The highest BCUT2D eigenvalue weighted by Crippen LogP contribution is 2.47. The average molecular weight is 354 g/mol. The molecule has 1 aromatic heterocycles. The lowest BCUT2D eigenvalue weighted by atomic mass is 9.77. The van der Waals surface area contributed by atoms with Gasteiger partial charge < -0.3 is 9.80 Å². The van der Waals surface area contributed by atoms with Gasteiger partial charge in [-0.15, -0.1) is 0 Å². The van der Waals surface area contributed by atoms with Crippen molar-refractivity contribution in [2.75, 3.05) is 39.8 Å². The van der Waals surface area contributed by atoms with Gasteiger partial charge in [0.05, 0.1) is 5.41 Å². The minimum atomic E-state index is -0.226. The maximum atomic E-state index is 13.7. The standard InChI is InChI=1S/C21H30N4O/c1-23-13-15-24(16-14-23)20(26)21-8-2-3-12-25(19(21)5-4-9-21)17-18-6-10-22-11-7-18/h2-3,6-7,10-11,19H,4-5,8-9,12-17H2,1H3/t19-,21-/m1/s1. The van der Waals surface area contributed by atoms with Crippen molar-refractivity contribution in [3.8, 4) is 0 Å². The summed E-state index contributed by atoms with van der Waals surface area (Å²) in [4.78, 5) is 24.8. The van der Waals surface area contributed by atoms with Crippen molar-refractivity contribution >= 4 is 5.91 Å². The van der Waals surface area contributed by atoms with Crippen molar-refractivity contribution in [2.45, 2.75) is 38.3 Å². The molecule has 1 aromatic rings. The Kier molecular flexibility index (Phi) is 5.09. The van der Waals surface area contributed by atoms with E-state index in [9.17, 15) is 4.79 Å². The largest absolute Gasteiger partial charge is 0.340 e. The third kappa shape index (κ3) is 3.30. The fourth-order valence-corrected chi connectivity index (χ4v) is 5.01. The number of piperazine rings is 1. The first-order valence-corrected chi connectivity index (χ1v) is 9.95. The zero-order valence-electron chi connectivity index (χ0n) is 15.8. The van der Waals surface area contributed by atoms with E-state index in [-0.39, 0.29) is 5.41 Å². The first-order chi connectivity index (χ1) is 12.7. The van der Waals surface area contributed by atoms with Gasteiger partial charge in [-0.25, -0.2) is 0 Å². The zero-order valence-corrected chi connectivity index (χ0v) is 15.8. The van der Waals surface area contributed by atoms with Crippen LogP contribution in [0, 0.1) is 5.41 Å². The molecule has 2 fully saturated rings. The molecule has 1 aliphatic carbocycles. The Morgan fingerprint density at radius 2 is 1.96 bits per heavy atom. The first kappa shape index (κ1) is 17.7. The number of likely N-dealkylation sites (N-methyl/N-ethyl adjacent to an activating group) is 1. The van der Waals surface area contributed by atoms with Crippen LogP contribution in [0.25, 0.3) is 0 Å². The summed E-state index contributed by atoms with van der Waals surface area (Å²) in [6.07, 6.45) is 12.5. The third-order valence-corrected chi connectivity index (χ3v) is 6.52. The topological polar surface area (TPSA) is 39.7 Å². The van der Waals surface area contributed by atoms with Crippen LogP contribution in [0.5, 0.6) is 0 Å². The van der Waals surface area contributed by atoms with Gasteiger partial charge in [0.25, 0.3) is 0 Å². The molecule has 0 N–H and O–H groups in total. The number of fused-ring (bicyclic) bond motifs is 1. The lowest BCUT2D eigenvalue weighted by molar-refractivity contribution is -0.146. The summed E-state index contributed by atoms with van der Waals surface area (Å²) in [5.41, 5.74) is 1.05. The van der Waals surface area contributed by atoms with Gasteiger partial charge in [-0.2, -0.15) is 0 Å². The van der Waals surface area contributed by atoms with E-state index in [1.165, 1.54) is 5.56 Å². The summed E-state index contributed by atoms with van der Waals surface area (Å²) in [6.45, 7) is 5.56. The molecule has 1 saturated heterocycles. The molecule has 2 atom stereocenters. The summed E-state index contributed by atoms with van der Waals surface area (Å²) in [5.74, 6) is 0.402. The maximum Gasteiger partial charge on any atom is 0.230 e. The molecule has 0 aromatic carbocycles. The maximum absolute atomic E-state index is 13.7. The Hall–Kier alpha value is -1.72. The van der Waals surface area contributed by atoms with Gasteiger partial charge in [0.15, 0.2) is 0 Å². The highest BCUT2D eigenvalue weighted by molar-refractivity contribution is 5.84.